The molecule has 0 fully saturated rings. The van der Waals surface area contributed by atoms with E-state index in [0.717, 1.165) is 11.3 Å². The van der Waals surface area contributed by atoms with Crippen LogP contribution in [0.1, 0.15) is 17.5 Å². The van der Waals surface area contributed by atoms with E-state index in [2.05, 4.69) is 10.8 Å². The number of hydrogen-bond donors (Lipinski definition) is 0. The Balaban J connectivity index is 2.98. The highest BCUT2D eigenvalue weighted by atomic mass is 16.5. The summed E-state index contributed by atoms with van der Waals surface area (Å²) in [4.78, 5) is 13.3. The third-order valence-corrected chi connectivity index (χ3v) is 3.05. The fourth-order valence-corrected chi connectivity index (χ4v) is 2.03. The van der Waals surface area contributed by atoms with Gasteiger partial charge in [-0.15, -0.1) is 0 Å². The van der Waals surface area contributed by atoms with E-state index in [9.17, 15) is 10.1 Å². The first kappa shape index (κ1) is 16.0. The number of esters is 1. The van der Waals surface area contributed by atoms with Crippen LogP contribution in [0.2, 0.25) is 0 Å². The summed E-state index contributed by atoms with van der Waals surface area (Å²) in [5, 5.41) is 9.24. The van der Waals surface area contributed by atoms with Crippen molar-refractivity contribution >= 4 is 11.7 Å². The molecule has 0 amide bonds. The van der Waals surface area contributed by atoms with Gasteiger partial charge in [0.05, 0.1) is 31.4 Å². The number of methoxy groups -OCH3 is 2. The van der Waals surface area contributed by atoms with Crippen LogP contribution in [0.25, 0.3) is 0 Å². The lowest BCUT2D eigenvalue weighted by Crippen LogP contribution is -2.31. The lowest BCUT2D eigenvalue weighted by Gasteiger charge is -2.26. The van der Waals surface area contributed by atoms with Crippen LogP contribution in [0.4, 0.5) is 5.69 Å². The van der Waals surface area contributed by atoms with Crippen LogP contribution in [0.15, 0.2) is 18.2 Å². The second-order valence-corrected chi connectivity index (χ2v) is 4.39. The highest BCUT2D eigenvalue weighted by molar-refractivity contribution is 5.71. The van der Waals surface area contributed by atoms with Gasteiger partial charge in [0.2, 0.25) is 0 Å². The highest BCUT2D eigenvalue weighted by Gasteiger charge is 2.15. The standard InChI is InChI=1S/C15H20N2O3/c1-12-5-4-6-13(11-16)15(12)17(9-10-19-2)8-7-14(18)20-3/h4-6H,7-10H2,1-3H3. The molecule has 0 aromatic heterocycles. The number of carbonyl (C=O) groups is 1. The summed E-state index contributed by atoms with van der Waals surface area (Å²) in [6.45, 7) is 3.59. The van der Waals surface area contributed by atoms with Gasteiger partial charge >= 0.3 is 5.97 Å². The normalized spacial score (nSPS) is 9.90. The van der Waals surface area contributed by atoms with Gasteiger partial charge in [0.15, 0.2) is 0 Å². The Bertz CT molecular complexity index is 494. The van der Waals surface area contributed by atoms with Crippen molar-refractivity contribution in [2.45, 2.75) is 13.3 Å². The number of anilines is 1. The van der Waals surface area contributed by atoms with Crippen molar-refractivity contribution in [3.8, 4) is 6.07 Å². The fourth-order valence-electron chi connectivity index (χ4n) is 2.03. The molecule has 20 heavy (non-hydrogen) atoms. The van der Waals surface area contributed by atoms with Gasteiger partial charge < -0.3 is 14.4 Å². The van der Waals surface area contributed by atoms with Crippen LogP contribution in [0.3, 0.4) is 0 Å². The molecule has 0 N–H and O–H groups in total. The van der Waals surface area contributed by atoms with Crippen molar-refractivity contribution in [2.75, 3.05) is 38.8 Å². The summed E-state index contributed by atoms with van der Waals surface area (Å²) in [6.07, 6.45) is 0.277. The van der Waals surface area contributed by atoms with E-state index in [4.69, 9.17) is 4.74 Å². The predicted octanol–water partition coefficient (Wildman–Crippen LogP) is 1.88. The predicted molar refractivity (Wildman–Crippen MR) is 76.6 cm³/mol. The molecule has 0 saturated carbocycles. The molecule has 0 aliphatic carbocycles. The zero-order chi connectivity index (χ0) is 15.0. The van der Waals surface area contributed by atoms with E-state index in [1.165, 1.54) is 7.11 Å². The number of rotatable bonds is 7. The van der Waals surface area contributed by atoms with Crippen molar-refractivity contribution in [1.82, 2.24) is 0 Å². The van der Waals surface area contributed by atoms with Crippen molar-refractivity contribution in [1.29, 1.82) is 5.26 Å². The van der Waals surface area contributed by atoms with Crippen LogP contribution in [-0.4, -0.2) is 39.9 Å². The van der Waals surface area contributed by atoms with E-state index in [0.29, 0.717) is 25.3 Å². The minimum absolute atomic E-state index is 0.264. The molecule has 0 unspecified atom stereocenters. The van der Waals surface area contributed by atoms with Gasteiger partial charge in [-0.05, 0) is 18.6 Å². The molecule has 1 aromatic carbocycles. The van der Waals surface area contributed by atoms with Crippen molar-refractivity contribution in [3.63, 3.8) is 0 Å². The first-order valence-corrected chi connectivity index (χ1v) is 6.44. The van der Waals surface area contributed by atoms with Crippen LogP contribution in [-0.2, 0) is 14.3 Å². The first-order chi connectivity index (χ1) is 9.63. The fraction of sp³-hybridized carbons (Fsp3) is 0.467. The lowest BCUT2D eigenvalue weighted by molar-refractivity contribution is -0.140. The first-order valence-electron chi connectivity index (χ1n) is 6.44. The van der Waals surface area contributed by atoms with Gasteiger partial charge in [0.25, 0.3) is 0 Å². The van der Waals surface area contributed by atoms with E-state index >= 15 is 0 Å². The molecule has 0 heterocycles. The summed E-state index contributed by atoms with van der Waals surface area (Å²) in [5.74, 6) is -0.264. The van der Waals surface area contributed by atoms with Crippen molar-refractivity contribution < 1.29 is 14.3 Å². The van der Waals surface area contributed by atoms with Crippen molar-refractivity contribution in [3.05, 3.63) is 29.3 Å². The summed E-state index contributed by atoms with van der Waals surface area (Å²) < 4.78 is 9.77. The minimum Gasteiger partial charge on any atom is -0.469 e. The second-order valence-electron chi connectivity index (χ2n) is 4.39. The number of nitriles is 1. The van der Waals surface area contributed by atoms with Crippen LogP contribution in [0.5, 0.6) is 0 Å². The molecule has 0 spiro atoms. The second kappa shape index (κ2) is 8.18. The molecule has 0 radical (unpaired) electrons. The Morgan fingerprint density at radius 3 is 2.70 bits per heavy atom. The Morgan fingerprint density at radius 2 is 2.10 bits per heavy atom. The third-order valence-electron chi connectivity index (χ3n) is 3.05. The van der Waals surface area contributed by atoms with E-state index in [1.54, 1.807) is 13.2 Å². The average Bonchev–Trinajstić information content (AvgIpc) is 2.47. The number of nitrogens with zero attached hydrogens (tertiary/aromatic N) is 2. The van der Waals surface area contributed by atoms with E-state index in [1.807, 2.05) is 24.0 Å². The molecule has 5 nitrogen and oxygen atoms in total. The monoisotopic (exact) mass is 276 g/mol. The molecule has 0 bridgehead atoms. The maximum atomic E-state index is 11.3. The molecule has 0 atom stereocenters. The molecule has 0 saturated heterocycles. The number of benzene rings is 1. The zero-order valence-electron chi connectivity index (χ0n) is 12.2. The summed E-state index contributed by atoms with van der Waals surface area (Å²) in [7, 11) is 3.00. The molecular weight excluding hydrogens is 256 g/mol. The number of carbonyl (C=O) groups excluding carboxylic acids is 1. The number of para-hydroxylation sites is 1. The molecule has 0 aliphatic rings. The van der Waals surface area contributed by atoms with Gasteiger partial charge in [-0.2, -0.15) is 5.26 Å². The van der Waals surface area contributed by atoms with Gasteiger partial charge in [-0.3, -0.25) is 4.79 Å². The maximum Gasteiger partial charge on any atom is 0.307 e. The Hall–Kier alpha value is -2.06. The Labute approximate surface area is 119 Å². The smallest absolute Gasteiger partial charge is 0.307 e. The summed E-state index contributed by atoms with van der Waals surface area (Å²) >= 11 is 0. The zero-order valence-corrected chi connectivity index (χ0v) is 12.2. The minimum atomic E-state index is -0.264. The van der Waals surface area contributed by atoms with Crippen LogP contribution >= 0.6 is 0 Å². The van der Waals surface area contributed by atoms with E-state index < -0.39 is 0 Å². The number of hydrogen-bond acceptors (Lipinski definition) is 5. The largest absolute Gasteiger partial charge is 0.469 e. The topological polar surface area (TPSA) is 62.6 Å². The van der Waals surface area contributed by atoms with Gasteiger partial charge in [0.1, 0.15) is 6.07 Å². The Morgan fingerprint density at radius 1 is 1.35 bits per heavy atom. The maximum absolute atomic E-state index is 11.3. The molecular formula is C15H20N2O3. The SMILES string of the molecule is COCCN(CCC(=O)OC)c1c(C)cccc1C#N. The molecule has 1 aromatic rings. The Kier molecular flexibility index (Phi) is 6.54. The molecule has 0 aliphatic heterocycles. The molecule has 5 heteroatoms. The summed E-state index contributed by atoms with van der Waals surface area (Å²) in [6, 6.07) is 7.78. The number of aryl methyl sites for hydroxylation is 1. The quantitative estimate of drug-likeness (QED) is 0.712. The molecule has 1 rings (SSSR count). The number of ether oxygens (including phenoxy) is 2. The molecule has 108 valence electrons. The third kappa shape index (κ3) is 4.25. The summed E-state index contributed by atoms with van der Waals surface area (Å²) in [5.41, 5.74) is 2.46. The van der Waals surface area contributed by atoms with Crippen LogP contribution in [0, 0.1) is 18.3 Å². The van der Waals surface area contributed by atoms with E-state index in [-0.39, 0.29) is 12.4 Å². The highest BCUT2D eigenvalue weighted by Crippen LogP contribution is 2.24. The van der Waals surface area contributed by atoms with Gasteiger partial charge in [0, 0.05) is 20.2 Å². The lowest BCUT2D eigenvalue weighted by atomic mass is 10.1. The van der Waals surface area contributed by atoms with Gasteiger partial charge in [-0.1, -0.05) is 12.1 Å². The van der Waals surface area contributed by atoms with Crippen molar-refractivity contribution in [2.24, 2.45) is 0 Å². The van der Waals surface area contributed by atoms with Gasteiger partial charge in [-0.25, -0.2) is 0 Å². The average molecular weight is 276 g/mol. The van der Waals surface area contributed by atoms with Crippen LogP contribution < -0.4 is 4.90 Å².